The van der Waals surface area contributed by atoms with Gasteiger partial charge in [0.2, 0.25) is 0 Å². The molecule has 0 spiro atoms. The van der Waals surface area contributed by atoms with E-state index >= 15 is 0 Å². The van der Waals surface area contributed by atoms with E-state index in [1.807, 2.05) is 43.3 Å². The normalized spacial score (nSPS) is 11.1. The average molecular weight is 396 g/mol. The summed E-state index contributed by atoms with van der Waals surface area (Å²) < 4.78 is 7.01. The fourth-order valence-electron chi connectivity index (χ4n) is 3.38. The van der Waals surface area contributed by atoms with Gasteiger partial charge in [0, 0.05) is 10.8 Å². The van der Waals surface area contributed by atoms with E-state index < -0.39 is 11.5 Å². The van der Waals surface area contributed by atoms with Crippen LogP contribution in [0.2, 0.25) is 0 Å². The van der Waals surface area contributed by atoms with Crippen molar-refractivity contribution in [2.24, 2.45) is 0 Å². The van der Waals surface area contributed by atoms with Crippen LogP contribution in [0.1, 0.15) is 16.1 Å². The lowest BCUT2D eigenvalue weighted by atomic mass is 10.1. The number of carbonyl (C=O) groups excluding carboxylic acids is 1. The van der Waals surface area contributed by atoms with Gasteiger partial charge in [-0.3, -0.25) is 4.79 Å². The first-order chi connectivity index (χ1) is 14.6. The molecule has 0 atom stereocenters. The Morgan fingerprint density at radius 2 is 1.80 bits per heavy atom. The maximum atomic E-state index is 12.7. The monoisotopic (exact) mass is 396 g/mol. The number of rotatable bonds is 3. The Labute approximate surface area is 170 Å². The topological polar surface area (TPSA) is 90.0 Å². The van der Waals surface area contributed by atoms with Crippen molar-refractivity contribution < 1.29 is 9.21 Å². The number of fused-ring (bicyclic) bond motifs is 2. The number of pyridine rings is 1. The van der Waals surface area contributed by atoms with Crippen molar-refractivity contribution in [2.75, 3.05) is 5.32 Å². The number of hydrogen-bond acceptors (Lipinski definition) is 5. The van der Waals surface area contributed by atoms with Crippen LogP contribution < -0.4 is 10.9 Å². The van der Waals surface area contributed by atoms with Gasteiger partial charge in [0.25, 0.3) is 5.91 Å². The minimum absolute atomic E-state index is 0.0644. The summed E-state index contributed by atoms with van der Waals surface area (Å²) in [6.07, 6.45) is 1.55. The molecule has 0 aliphatic carbocycles. The van der Waals surface area contributed by atoms with Gasteiger partial charge in [-0.05, 0) is 37.3 Å². The summed E-state index contributed by atoms with van der Waals surface area (Å²) in [4.78, 5) is 29.4. The maximum Gasteiger partial charge on any atom is 0.349 e. The summed E-state index contributed by atoms with van der Waals surface area (Å²) in [6, 6.07) is 20.1. The third kappa shape index (κ3) is 3.02. The van der Waals surface area contributed by atoms with Crippen LogP contribution in [0.25, 0.3) is 27.7 Å². The summed E-state index contributed by atoms with van der Waals surface area (Å²) in [7, 11) is 0. The molecule has 0 bridgehead atoms. The summed E-state index contributed by atoms with van der Waals surface area (Å²) in [5, 5.41) is 8.78. The molecule has 5 rings (SSSR count). The van der Waals surface area contributed by atoms with Crippen molar-refractivity contribution in [2.45, 2.75) is 6.92 Å². The van der Waals surface area contributed by atoms with E-state index in [0.717, 1.165) is 16.8 Å². The van der Waals surface area contributed by atoms with Gasteiger partial charge < -0.3 is 9.73 Å². The molecular formula is C23H16N4O3. The molecule has 5 aromatic rings. The van der Waals surface area contributed by atoms with E-state index in [0.29, 0.717) is 22.3 Å². The van der Waals surface area contributed by atoms with Crippen molar-refractivity contribution in [3.63, 3.8) is 0 Å². The number of aryl methyl sites for hydroxylation is 1. The fourth-order valence-corrected chi connectivity index (χ4v) is 3.38. The molecule has 3 aromatic heterocycles. The molecule has 0 fully saturated rings. The van der Waals surface area contributed by atoms with Gasteiger partial charge in [-0.2, -0.15) is 5.10 Å². The highest BCUT2D eigenvalue weighted by atomic mass is 16.4. The lowest BCUT2D eigenvalue weighted by molar-refractivity contribution is 0.102. The standard InChI is InChI=1S/C23H16N4O3/c1-14-18-12-16(13-24-21(18)27(26-14)17-8-3-2-4-9-17)25-22(28)19-11-15-7-5-6-10-20(15)30-23(19)29/h2-13H,1H3,(H,25,28). The molecule has 1 N–H and O–H groups in total. The quantitative estimate of drug-likeness (QED) is 0.464. The predicted molar refractivity (Wildman–Crippen MR) is 114 cm³/mol. The van der Waals surface area contributed by atoms with E-state index in [9.17, 15) is 9.59 Å². The zero-order valence-corrected chi connectivity index (χ0v) is 16.0. The summed E-state index contributed by atoms with van der Waals surface area (Å²) >= 11 is 0. The number of para-hydroxylation sites is 2. The zero-order chi connectivity index (χ0) is 20.7. The largest absolute Gasteiger partial charge is 0.422 e. The van der Waals surface area contributed by atoms with Crippen molar-refractivity contribution >= 4 is 33.6 Å². The number of nitrogens with zero attached hydrogens (tertiary/aromatic N) is 3. The molecule has 2 aromatic carbocycles. The highest BCUT2D eigenvalue weighted by Gasteiger charge is 2.16. The molecule has 7 heteroatoms. The number of hydrogen-bond donors (Lipinski definition) is 1. The zero-order valence-electron chi connectivity index (χ0n) is 16.0. The van der Waals surface area contributed by atoms with Crippen LogP contribution in [0.5, 0.6) is 0 Å². The van der Waals surface area contributed by atoms with Gasteiger partial charge in [0.1, 0.15) is 11.1 Å². The minimum atomic E-state index is -0.687. The summed E-state index contributed by atoms with van der Waals surface area (Å²) in [5.74, 6) is -0.552. The first-order valence-electron chi connectivity index (χ1n) is 9.35. The van der Waals surface area contributed by atoms with Crippen LogP contribution in [0.4, 0.5) is 5.69 Å². The average Bonchev–Trinajstić information content (AvgIpc) is 3.10. The van der Waals surface area contributed by atoms with Crippen LogP contribution in [0.3, 0.4) is 0 Å². The first-order valence-corrected chi connectivity index (χ1v) is 9.35. The van der Waals surface area contributed by atoms with Crippen LogP contribution in [0, 0.1) is 6.92 Å². The van der Waals surface area contributed by atoms with Gasteiger partial charge in [-0.25, -0.2) is 14.5 Å². The van der Waals surface area contributed by atoms with Crippen molar-refractivity contribution in [1.82, 2.24) is 14.8 Å². The number of anilines is 1. The smallest absolute Gasteiger partial charge is 0.349 e. The van der Waals surface area contributed by atoms with Gasteiger partial charge in [0.15, 0.2) is 5.65 Å². The molecule has 3 heterocycles. The molecule has 1 amide bonds. The van der Waals surface area contributed by atoms with Crippen molar-refractivity contribution in [1.29, 1.82) is 0 Å². The molecule has 7 nitrogen and oxygen atoms in total. The molecule has 0 saturated heterocycles. The van der Waals surface area contributed by atoms with E-state index in [1.54, 1.807) is 35.1 Å². The lowest BCUT2D eigenvalue weighted by Crippen LogP contribution is -2.20. The number of nitrogens with one attached hydrogen (secondary N) is 1. The molecule has 0 saturated carbocycles. The second-order valence-electron chi connectivity index (χ2n) is 6.87. The first kappa shape index (κ1) is 17.8. The molecule has 0 aliphatic heterocycles. The molecule has 30 heavy (non-hydrogen) atoms. The Hall–Kier alpha value is -4.26. The maximum absolute atomic E-state index is 12.7. The Kier molecular flexibility index (Phi) is 4.14. The van der Waals surface area contributed by atoms with Crippen LogP contribution in [-0.2, 0) is 0 Å². The van der Waals surface area contributed by atoms with E-state index in [1.165, 1.54) is 6.07 Å². The highest BCUT2D eigenvalue weighted by molar-refractivity contribution is 6.06. The molecule has 0 radical (unpaired) electrons. The van der Waals surface area contributed by atoms with Crippen LogP contribution >= 0.6 is 0 Å². The minimum Gasteiger partial charge on any atom is -0.422 e. The fraction of sp³-hybridized carbons (Fsp3) is 0.0435. The van der Waals surface area contributed by atoms with Gasteiger partial charge in [0.05, 0.1) is 23.3 Å². The second kappa shape index (κ2) is 6.97. The van der Waals surface area contributed by atoms with Gasteiger partial charge >= 0.3 is 5.63 Å². The molecular weight excluding hydrogens is 380 g/mol. The highest BCUT2D eigenvalue weighted by Crippen LogP contribution is 2.23. The van der Waals surface area contributed by atoms with Crippen molar-refractivity contribution in [3.8, 4) is 5.69 Å². The molecule has 0 aliphatic rings. The van der Waals surface area contributed by atoms with Crippen LogP contribution in [0.15, 0.2) is 82.1 Å². The molecule has 0 unspecified atom stereocenters. The Morgan fingerprint density at radius 1 is 1.03 bits per heavy atom. The van der Waals surface area contributed by atoms with E-state index in [-0.39, 0.29) is 5.56 Å². The Morgan fingerprint density at radius 3 is 2.63 bits per heavy atom. The third-order valence-electron chi connectivity index (χ3n) is 4.85. The Bertz CT molecular complexity index is 1470. The lowest BCUT2D eigenvalue weighted by Gasteiger charge is -2.06. The second-order valence-corrected chi connectivity index (χ2v) is 6.87. The predicted octanol–water partition coefficient (Wildman–Crippen LogP) is 4.09. The van der Waals surface area contributed by atoms with Crippen molar-refractivity contribution in [3.05, 3.63) is 94.6 Å². The van der Waals surface area contributed by atoms with Crippen LogP contribution in [-0.4, -0.2) is 20.7 Å². The summed E-state index contributed by atoms with van der Waals surface area (Å²) in [6.45, 7) is 1.88. The number of benzene rings is 2. The number of carbonyl (C=O) groups is 1. The van der Waals surface area contributed by atoms with E-state index in [2.05, 4.69) is 15.4 Å². The van der Waals surface area contributed by atoms with Gasteiger partial charge in [-0.15, -0.1) is 0 Å². The SMILES string of the molecule is Cc1nn(-c2ccccc2)c2ncc(NC(=O)c3cc4ccccc4oc3=O)cc12. The number of aromatic nitrogens is 3. The van der Waals surface area contributed by atoms with Gasteiger partial charge in [-0.1, -0.05) is 36.4 Å². The molecule has 146 valence electrons. The summed E-state index contributed by atoms with van der Waals surface area (Å²) in [5.41, 5.74) is 2.51. The Balaban J connectivity index is 1.50. The third-order valence-corrected chi connectivity index (χ3v) is 4.85. The number of amides is 1. The van der Waals surface area contributed by atoms with E-state index in [4.69, 9.17) is 4.42 Å².